The third-order valence-electron chi connectivity index (χ3n) is 3.53. The van der Waals surface area contributed by atoms with Crippen molar-refractivity contribution in [3.05, 3.63) is 29.8 Å². The Morgan fingerprint density at radius 3 is 2.86 bits per heavy atom. The molecule has 1 aliphatic heterocycles. The first kappa shape index (κ1) is 15.2. The lowest BCUT2D eigenvalue weighted by Gasteiger charge is -2.17. The number of para-hydroxylation sites is 1. The summed E-state index contributed by atoms with van der Waals surface area (Å²) in [6.07, 6.45) is 0.512. The molecule has 1 saturated heterocycles. The molecule has 1 aromatic rings. The van der Waals surface area contributed by atoms with Crippen LogP contribution in [-0.2, 0) is 11.3 Å². The van der Waals surface area contributed by atoms with Gasteiger partial charge in [0.15, 0.2) is 0 Å². The Hall–Kier alpha value is -2.24. The van der Waals surface area contributed by atoms with Gasteiger partial charge in [0.1, 0.15) is 5.75 Å². The van der Waals surface area contributed by atoms with Gasteiger partial charge >= 0.3 is 12.0 Å². The van der Waals surface area contributed by atoms with E-state index < -0.39 is 11.9 Å². The summed E-state index contributed by atoms with van der Waals surface area (Å²) < 4.78 is 5.50. The van der Waals surface area contributed by atoms with E-state index in [-0.39, 0.29) is 12.6 Å². The molecule has 6 nitrogen and oxygen atoms in total. The molecule has 2 amide bonds. The van der Waals surface area contributed by atoms with Gasteiger partial charge in [-0.2, -0.15) is 0 Å². The summed E-state index contributed by atoms with van der Waals surface area (Å²) in [7, 11) is 0. The molecule has 21 heavy (non-hydrogen) atoms. The maximum Gasteiger partial charge on any atom is 0.317 e. The van der Waals surface area contributed by atoms with Gasteiger partial charge in [0.05, 0.1) is 12.5 Å². The summed E-state index contributed by atoms with van der Waals surface area (Å²) in [5, 5.41) is 11.8. The minimum atomic E-state index is -0.841. The van der Waals surface area contributed by atoms with Crippen LogP contribution < -0.4 is 10.1 Å². The number of urea groups is 1. The summed E-state index contributed by atoms with van der Waals surface area (Å²) in [5.74, 6) is -0.538. The van der Waals surface area contributed by atoms with Crippen LogP contribution >= 0.6 is 0 Å². The molecule has 0 spiro atoms. The number of ether oxygens (including phenoxy) is 1. The zero-order chi connectivity index (χ0) is 15.2. The fourth-order valence-corrected chi connectivity index (χ4v) is 2.38. The van der Waals surface area contributed by atoms with Gasteiger partial charge in [-0.15, -0.1) is 0 Å². The number of benzene rings is 1. The Morgan fingerprint density at radius 1 is 1.43 bits per heavy atom. The Kier molecular flexibility index (Phi) is 5.03. The summed E-state index contributed by atoms with van der Waals surface area (Å²) in [5.41, 5.74) is 0.904. The molecule has 1 atom stereocenters. The molecule has 2 rings (SSSR count). The molecule has 1 aliphatic rings. The summed E-state index contributed by atoms with van der Waals surface area (Å²) >= 11 is 0. The van der Waals surface area contributed by atoms with Gasteiger partial charge in [-0.25, -0.2) is 4.79 Å². The molecule has 0 aromatic heterocycles. The van der Waals surface area contributed by atoms with Crippen molar-refractivity contribution in [3.63, 3.8) is 0 Å². The van der Waals surface area contributed by atoms with Gasteiger partial charge < -0.3 is 20.1 Å². The first-order valence-corrected chi connectivity index (χ1v) is 7.08. The van der Waals surface area contributed by atoms with Crippen LogP contribution in [0.4, 0.5) is 4.79 Å². The fourth-order valence-electron chi connectivity index (χ4n) is 2.38. The Labute approximate surface area is 123 Å². The molecular weight excluding hydrogens is 272 g/mol. The van der Waals surface area contributed by atoms with Crippen LogP contribution in [0.15, 0.2) is 24.3 Å². The van der Waals surface area contributed by atoms with Crippen molar-refractivity contribution in [1.82, 2.24) is 10.2 Å². The molecular formula is C15H20N2O4. The van der Waals surface area contributed by atoms with Gasteiger partial charge in [0, 0.05) is 25.2 Å². The highest BCUT2D eigenvalue weighted by Gasteiger charge is 2.30. The van der Waals surface area contributed by atoms with E-state index in [4.69, 9.17) is 9.84 Å². The zero-order valence-electron chi connectivity index (χ0n) is 12.0. The smallest absolute Gasteiger partial charge is 0.317 e. The fraction of sp³-hybridized carbons (Fsp3) is 0.467. The second-order valence-electron chi connectivity index (χ2n) is 4.97. The molecule has 1 heterocycles. The number of carboxylic acid groups (broad SMARTS) is 1. The van der Waals surface area contributed by atoms with E-state index in [1.54, 1.807) is 4.90 Å². The lowest BCUT2D eigenvalue weighted by Crippen LogP contribution is -2.38. The van der Waals surface area contributed by atoms with E-state index in [9.17, 15) is 9.59 Å². The third-order valence-corrected chi connectivity index (χ3v) is 3.53. The van der Waals surface area contributed by atoms with E-state index in [0.29, 0.717) is 26.1 Å². The molecule has 2 N–H and O–H groups in total. The largest absolute Gasteiger partial charge is 0.494 e. The predicted octanol–water partition coefficient (Wildman–Crippen LogP) is 1.70. The molecule has 1 unspecified atom stereocenters. The van der Waals surface area contributed by atoms with Crippen molar-refractivity contribution < 1.29 is 19.4 Å². The number of carbonyl (C=O) groups is 2. The average Bonchev–Trinajstić information content (AvgIpc) is 2.96. The molecule has 6 heteroatoms. The minimum Gasteiger partial charge on any atom is -0.494 e. The molecule has 0 saturated carbocycles. The van der Waals surface area contributed by atoms with Crippen molar-refractivity contribution in [1.29, 1.82) is 0 Å². The predicted molar refractivity (Wildman–Crippen MR) is 77.2 cm³/mol. The number of hydrogen-bond acceptors (Lipinski definition) is 3. The summed E-state index contributed by atoms with van der Waals surface area (Å²) in [6.45, 7) is 3.59. The highest BCUT2D eigenvalue weighted by atomic mass is 16.5. The maximum atomic E-state index is 12.0. The highest BCUT2D eigenvalue weighted by molar-refractivity contribution is 5.77. The van der Waals surface area contributed by atoms with Crippen molar-refractivity contribution in [2.75, 3.05) is 19.7 Å². The van der Waals surface area contributed by atoms with Gasteiger partial charge in [-0.05, 0) is 19.4 Å². The first-order valence-electron chi connectivity index (χ1n) is 7.08. The van der Waals surface area contributed by atoms with Crippen molar-refractivity contribution in [2.45, 2.75) is 19.9 Å². The van der Waals surface area contributed by atoms with Crippen molar-refractivity contribution >= 4 is 12.0 Å². The Morgan fingerprint density at radius 2 is 2.19 bits per heavy atom. The van der Waals surface area contributed by atoms with E-state index in [0.717, 1.165) is 11.3 Å². The van der Waals surface area contributed by atoms with Crippen LogP contribution in [0, 0.1) is 5.92 Å². The number of likely N-dealkylation sites (tertiary alicyclic amines) is 1. The Bertz CT molecular complexity index is 518. The van der Waals surface area contributed by atoms with Crippen molar-refractivity contribution in [3.8, 4) is 5.75 Å². The van der Waals surface area contributed by atoms with Crippen LogP contribution in [0.3, 0.4) is 0 Å². The van der Waals surface area contributed by atoms with Crippen LogP contribution in [0.5, 0.6) is 5.75 Å². The van der Waals surface area contributed by atoms with Crippen LogP contribution in [0.1, 0.15) is 18.9 Å². The quantitative estimate of drug-likeness (QED) is 0.866. The second kappa shape index (κ2) is 6.97. The second-order valence-corrected chi connectivity index (χ2v) is 4.97. The van der Waals surface area contributed by atoms with E-state index in [1.165, 1.54) is 0 Å². The monoisotopic (exact) mass is 292 g/mol. The normalized spacial score (nSPS) is 17.6. The van der Waals surface area contributed by atoms with Gasteiger partial charge in [-0.3, -0.25) is 4.79 Å². The van der Waals surface area contributed by atoms with E-state index in [2.05, 4.69) is 5.32 Å². The van der Waals surface area contributed by atoms with Crippen molar-refractivity contribution in [2.24, 2.45) is 5.92 Å². The number of carbonyl (C=O) groups excluding carboxylic acids is 1. The van der Waals surface area contributed by atoms with Gasteiger partial charge in [0.2, 0.25) is 0 Å². The number of carboxylic acids is 1. The highest BCUT2D eigenvalue weighted by Crippen LogP contribution is 2.19. The lowest BCUT2D eigenvalue weighted by molar-refractivity contribution is -0.141. The third kappa shape index (κ3) is 3.87. The lowest BCUT2D eigenvalue weighted by atomic mass is 10.1. The van der Waals surface area contributed by atoms with Gasteiger partial charge in [0.25, 0.3) is 0 Å². The number of aliphatic carboxylic acids is 1. The number of nitrogens with zero attached hydrogens (tertiary/aromatic N) is 1. The van der Waals surface area contributed by atoms with Crippen LogP contribution in [0.25, 0.3) is 0 Å². The van der Waals surface area contributed by atoms with Crippen LogP contribution in [-0.4, -0.2) is 41.7 Å². The van der Waals surface area contributed by atoms with E-state index in [1.807, 2.05) is 31.2 Å². The van der Waals surface area contributed by atoms with Crippen LogP contribution in [0.2, 0.25) is 0 Å². The molecule has 114 valence electrons. The summed E-state index contributed by atoms with van der Waals surface area (Å²) in [4.78, 5) is 24.5. The van der Waals surface area contributed by atoms with E-state index >= 15 is 0 Å². The number of amides is 2. The van der Waals surface area contributed by atoms with Gasteiger partial charge in [-0.1, -0.05) is 18.2 Å². The SMILES string of the molecule is CCOc1ccccc1CNC(=O)N1CCC(C(=O)O)C1. The maximum absolute atomic E-state index is 12.0. The number of nitrogens with one attached hydrogen (secondary N) is 1. The topological polar surface area (TPSA) is 78.9 Å². The standard InChI is InChI=1S/C15H20N2O4/c1-2-21-13-6-4-3-5-11(13)9-16-15(20)17-8-7-12(10-17)14(18)19/h3-6,12H,2,7-10H2,1H3,(H,16,20)(H,18,19). The number of rotatable bonds is 5. The molecule has 0 radical (unpaired) electrons. The first-order chi connectivity index (χ1) is 10.1. The summed E-state index contributed by atoms with van der Waals surface area (Å²) in [6, 6.07) is 7.30. The molecule has 1 fully saturated rings. The average molecular weight is 292 g/mol. The molecule has 0 bridgehead atoms. The number of hydrogen-bond donors (Lipinski definition) is 2. The zero-order valence-corrected chi connectivity index (χ0v) is 12.0. The molecule has 1 aromatic carbocycles. The Balaban J connectivity index is 1.89. The minimum absolute atomic E-state index is 0.231. The molecule has 0 aliphatic carbocycles.